The first-order valence-electron chi connectivity index (χ1n) is 25.0. The van der Waals surface area contributed by atoms with Crippen molar-refractivity contribution in [3.63, 3.8) is 0 Å². The molecule has 13 heteroatoms. The fraction of sp³-hybridized carbons (Fsp3) is 0.279. The van der Waals surface area contributed by atoms with E-state index in [4.69, 9.17) is 42.4 Å². The van der Waals surface area contributed by atoms with E-state index in [1.807, 2.05) is 200 Å². The van der Waals surface area contributed by atoms with E-state index in [0.717, 1.165) is 32.3 Å². The van der Waals surface area contributed by atoms with Crippen LogP contribution in [0.4, 0.5) is 0 Å². The summed E-state index contributed by atoms with van der Waals surface area (Å²) in [7, 11) is -2.52. The average molecular weight is 1080 g/mol. The molecule has 1 unspecified atom stereocenters. The first kappa shape index (κ1) is 53.5. The van der Waals surface area contributed by atoms with E-state index in [2.05, 4.69) is 23.8 Å². The van der Waals surface area contributed by atoms with Crippen LogP contribution < -0.4 is 14.9 Å². The number of ether oxygens (including phenoxy) is 8. The smallest absolute Gasteiger partial charge is 0.0622 e. The summed E-state index contributed by atoms with van der Waals surface area (Å²) in [6.45, 7) is 6.06. The maximum absolute atomic E-state index is 16.3. The SMILES string of the molecule is C=C1[C@@H](COP(=O)(N[C@@H]2[C@@H](OCc3ccccc3)[C@@H](OCc3ccccc3)[C@@H](COCc3ccccc3)O[C@@H]2[Se]c2ccccc2)c2ccccc2)O[C@H](OC)[C@H](OCc2ccccc2)[C@H]1OCc1ccccc1. The molecule has 1 N–H and O–H groups in total. The van der Waals surface area contributed by atoms with Gasteiger partial charge in [0.15, 0.2) is 0 Å². The molecule has 2 fully saturated rings. The summed E-state index contributed by atoms with van der Waals surface area (Å²) in [6.07, 6.45) is -5.08. The van der Waals surface area contributed by atoms with Gasteiger partial charge in [0.2, 0.25) is 0 Å². The molecule has 74 heavy (non-hydrogen) atoms. The second kappa shape index (κ2) is 27.4. The molecule has 2 saturated heterocycles. The van der Waals surface area contributed by atoms with Crippen LogP contribution in [0.1, 0.15) is 27.8 Å². The maximum atomic E-state index is 16.3. The van der Waals surface area contributed by atoms with Crippen LogP contribution in [0.5, 0.6) is 0 Å². The van der Waals surface area contributed by atoms with Crippen LogP contribution in [-0.2, 0) is 80.0 Å². The summed E-state index contributed by atoms with van der Waals surface area (Å²) in [5, 5.41) is 3.53. The third-order valence-corrected chi connectivity index (χ3v) is 17.5. The number of hydrogen-bond acceptors (Lipinski definition) is 10. The van der Waals surface area contributed by atoms with Crippen molar-refractivity contribution < 1.29 is 47.0 Å². The molecule has 11 nitrogen and oxygen atoms in total. The van der Waals surface area contributed by atoms with Gasteiger partial charge in [-0.15, -0.1) is 0 Å². The Labute approximate surface area is 441 Å². The summed E-state index contributed by atoms with van der Waals surface area (Å²) < 4.78 is 78.0. The predicted octanol–water partition coefficient (Wildman–Crippen LogP) is 9.72. The number of methoxy groups -OCH3 is 1. The second-order valence-corrected chi connectivity index (χ2v) is 22.7. The van der Waals surface area contributed by atoms with Gasteiger partial charge in [-0.05, 0) is 5.56 Å². The van der Waals surface area contributed by atoms with Crippen molar-refractivity contribution in [1.29, 1.82) is 0 Å². The summed E-state index contributed by atoms with van der Waals surface area (Å²) in [4.78, 5) is 0. The molecule has 0 spiro atoms. The van der Waals surface area contributed by atoms with E-state index in [-0.39, 0.29) is 48.0 Å². The Bertz CT molecular complexity index is 2770. The van der Waals surface area contributed by atoms with Gasteiger partial charge in [0.05, 0.1) is 0 Å². The molecule has 0 saturated carbocycles. The van der Waals surface area contributed by atoms with Crippen LogP contribution in [0.3, 0.4) is 0 Å². The number of rotatable bonds is 25. The Hall–Kier alpha value is -5.37. The molecule has 0 aliphatic carbocycles. The van der Waals surface area contributed by atoms with Crippen LogP contribution in [0.25, 0.3) is 0 Å². The van der Waals surface area contributed by atoms with Gasteiger partial charge in [-0.25, -0.2) is 0 Å². The first-order chi connectivity index (χ1) is 36.4. The Morgan fingerprint density at radius 3 is 1.45 bits per heavy atom. The monoisotopic (exact) mass is 1080 g/mol. The van der Waals surface area contributed by atoms with Crippen molar-refractivity contribution in [2.45, 2.75) is 87.0 Å². The van der Waals surface area contributed by atoms with E-state index in [0.29, 0.717) is 24.1 Å². The molecule has 7 aromatic rings. The molecule has 2 aliphatic heterocycles. The molecule has 0 aromatic heterocycles. The van der Waals surface area contributed by atoms with Crippen molar-refractivity contribution in [1.82, 2.24) is 5.09 Å². The van der Waals surface area contributed by atoms with Crippen molar-refractivity contribution in [3.8, 4) is 0 Å². The number of nitrogens with one attached hydrogen (secondary N) is 1. The first-order valence-corrected chi connectivity index (χ1v) is 28.5. The van der Waals surface area contributed by atoms with Crippen molar-refractivity contribution in [2.75, 3.05) is 20.3 Å². The molecule has 0 radical (unpaired) electrons. The summed E-state index contributed by atoms with van der Waals surface area (Å²) in [6, 6.07) is 68.7. The minimum Gasteiger partial charge on any atom is -0.0622 e. The van der Waals surface area contributed by atoms with Gasteiger partial charge in [-0.2, -0.15) is 0 Å². The zero-order valence-electron chi connectivity index (χ0n) is 41.5. The Morgan fingerprint density at radius 2 is 0.946 bits per heavy atom. The molecule has 2 heterocycles. The van der Waals surface area contributed by atoms with E-state index < -0.39 is 61.5 Å². The molecule has 0 bridgehead atoms. The fourth-order valence-corrected chi connectivity index (χ4v) is 13.6. The Morgan fingerprint density at radius 1 is 0.514 bits per heavy atom. The molecule has 10 atom stereocenters. The summed E-state index contributed by atoms with van der Waals surface area (Å²) in [5.74, 6) is 0. The minimum atomic E-state index is -4.09. The standard InChI is InChI=1S/C61H64NO10PSe/c1-45-53(71-60(64-2)59(69-42-50-32-18-7-19-33-50)56(45)66-39-47-26-12-4-13-27-47)44-70-73(63,51-34-20-8-21-35-51)62-55-58(68-41-49-30-16-6-17-31-49)57(67-40-48-28-14-5-15-29-48)54(43-65-38-46-24-10-3-11-25-46)72-61(55)74-52-36-22-9-23-37-52/h3-37,53-61H,1,38-44H2,2H3,(H,62,63)/t53-,54-,55-,56+,57+,58-,59-,60+,61-,73?/m1/s1. The Balaban J connectivity index is 1.05. The summed E-state index contributed by atoms with van der Waals surface area (Å²) in [5.41, 5.74) is 5.53. The molecule has 7 aromatic carbocycles. The van der Waals surface area contributed by atoms with Gasteiger partial charge in [-0.3, -0.25) is 0 Å². The minimum absolute atomic E-state index is 0.171. The molecule has 384 valence electrons. The van der Waals surface area contributed by atoms with E-state index in [1.165, 1.54) is 0 Å². The quantitative estimate of drug-likeness (QED) is 0.0336. The number of hydrogen-bond donors (Lipinski definition) is 1. The zero-order valence-corrected chi connectivity index (χ0v) is 44.1. The van der Waals surface area contributed by atoms with Crippen LogP contribution >= 0.6 is 7.52 Å². The third-order valence-electron chi connectivity index (χ3n) is 12.9. The molecule has 2 aliphatic rings. The zero-order chi connectivity index (χ0) is 50.8. The summed E-state index contributed by atoms with van der Waals surface area (Å²) >= 11 is -0.346. The van der Waals surface area contributed by atoms with Crippen molar-refractivity contribution in [3.05, 3.63) is 252 Å². The van der Waals surface area contributed by atoms with Crippen molar-refractivity contribution >= 4 is 32.2 Å². The molecule has 0 amide bonds. The normalized spacial score (nSPS) is 23.7. The Kier molecular flexibility index (Phi) is 19.8. The van der Waals surface area contributed by atoms with Gasteiger partial charge in [-0.1, -0.05) is 60.7 Å². The van der Waals surface area contributed by atoms with Crippen LogP contribution in [-0.4, -0.2) is 89.2 Å². The van der Waals surface area contributed by atoms with E-state index >= 15 is 4.57 Å². The van der Waals surface area contributed by atoms with E-state index in [1.54, 1.807) is 7.11 Å². The third kappa shape index (κ3) is 14.7. The molecular weight excluding hydrogens is 1020 g/mol. The topological polar surface area (TPSA) is 112 Å². The van der Waals surface area contributed by atoms with Crippen molar-refractivity contribution in [2.24, 2.45) is 0 Å². The number of benzene rings is 7. The second-order valence-electron chi connectivity index (χ2n) is 18.1. The van der Waals surface area contributed by atoms with Crippen LogP contribution in [0.2, 0.25) is 0 Å². The predicted molar refractivity (Wildman–Crippen MR) is 288 cm³/mol. The molecule has 9 rings (SSSR count). The van der Waals surface area contributed by atoms with Gasteiger partial charge in [0.25, 0.3) is 0 Å². The van der Waals surface area contributed by atoms with Crippen LogP contribution in [0, 0.1) is 0 Å². The van der Waals surface area contributed by atoms with Gasteiger partial charge < -0.3 is 0 Å². The van der Waals surface area contributed by atoms with Gasteiger partial charge in [0.1, 0.15) is 0 Å². The fourth-order valence-electron chi connectivity index (χ4n) is 8.98. The van der Waals surface area contributed by atoms with Crippen LogP contribution in [0.15, 0.2) is 224 Å². The van der Waals surface area contributed by atoms with E-state index in [9.17, 15) is 0 Å². The average Bonchev–Trinajstić information content (AvgIpc) is 3.45. The van der Waals surface area contributed by atoms with Gasteiger partial charge in [0, 0.05) is 0 Å². The molecular formula is C61H64NO10PSe. The van der Waals surface area contributed by atoms with Gasteiger partial charge >= 0.3 is 378 Å².